The Kier molecular flexibility index (Phi) is 5.60. The molecule has 134 valence electrons. The maximum Gasteiger partial charge on any atom is 0.310 e. The first-order chi connectivity index (χ1) is 12.1. The lowest BCUT2D eigenvalue weighted by Gasteiger charge is -2.24. The molecular weight excluding hydrogens is 338 g/mol. The molecule has 1 saturated heterocycles. The van der Waals surface area contributed by atoms with Crippen molar-refractivity contribution in [3.63, 3.8) is 0 Å². The van der Waals surface area contributed by atoms with Crippen molar-refractivity contribution in [2.45, 2.75) is 18.9 Å². The number of rotatable bonds is 7. The fourth-order valence-corrected chi connectivity index (χ4v) is 4.16. The van der Waals surface area contributed by atoms with Crippen molar-refractivity contribution in [3.05, 3.63) is 60.2 Å². The molecule has 3 rings (SSSR count). The summed E-state index contributed by atoms with van der Waals surface area (Å²) in [6, 6.07) is 16.8. The lowest BCUT2D eigenvalue weighted by Crippen LogP contribution is -2.30. The Labute approximate surface area is 149 Å². The monoisotopic (exact) mass is 361 g/mol. The van der Waals surface area contributed by atoms with E-state index in [-0.39, 0.29) is 11.8 Å². The fraction of sp³-hybridized carbons (Fsp3) is 0.368. The molecular formula is C19H23NO4S. The second-order valence-corrected chi connectivity index (χ2v) is 7.82. The van der Waals surface area contributed by atoms with Gasteiger partial charge in [-0.25, -0.2) is 0 Å². The molecule has 0 N–H and O–H groups in total. The summed E-state index contributed by atoms with van der Waals surface area (Å²) in [6.07, 6.45) is 2.08. The van der Waals surface area contributed by atoms with Crippen molar-refractivity contribution in [3.8, 4) is 11.5 Å². The minimum Gasteiger partial charge on any atom is -0.497 e. The van der Waals surface area contributed by atoms with E-state index < -0.39 is 10.1 Å². The van der Waals surface area contributed by atoms with E-state index in [1.807, 2.05) is 24.3 Å². The molecule has 1 fully saturated rings. The van der Waals surface area contributed by atoms with Crippen LogP contribution in [0.3, 0.4) is 0 Å². The Hall–Kier alpha value is -2.05. The summed E-state index contributed by atoms with van der Waals surface area (Å²) in [7, 11) is -1.96. The van der Waals surface area contributed by atoms with Crippen LogP contribution in [0, 0.1) is 0 Å². The van der Waals surface area contributed by atoms with Crippen LogP contribution in [0.15, 0.2) is 54.6 Å². The normalized spacial score (nSPS) is 18.2. The highest BCUT2D eigenvalue weighted by Gasteiger charge is 2.27. The van der Waals surface area contributed by atoms with Gasteiger partial charge >= 0.3 is 10.1 Å². The van der Waals surface area contributed by atoms with E-state index in [9.17, 15) is 8.42 Å². The topological polar surface area (TPSA) is 55.8 Å². The third-order valence-corrected chi connectivity index (χ3v) is 5.57. The van der Waals surface area contributed by atoms with Crippen molar-refractivity contribution in [1.29, 1.82) is 0 Å². The standard InChI is InChI=1S/C19H23NO4S/c1-23-18-10-5-7-16(15-18)19-11-6-12-20(19)13-14-25(21,22)24-17-8-3-2-4-9-17/h2-5,7-10,15,19H,6,11-14H2,1H3. The van der Waals surface area contributed by atoms with Crippen molar-refractivity contribution >= 4 is 10.1 Å². The van der Waals surface area contributed by atoms with E-state index in [1.165, 1.54) is 5.56 Å². The van der Waals surface area contributed by atoms with Crippen LogP contribution in [0.1, 0.15) is 24.4 Å². The van der Waals surface area contributed by atoms with Gasteiger partial charge in [0.2, 0.25) is 0 Å². The highest BCUT2D eigenvalue weighted by molar-refractivity contribution is 7.87. The van der Waals surface area contributed by atoms with Gasteiger partial charge in [0.05, 0.1) is 12.9 Å². The second-order valence-electron chi connectivity index (χ2n) is 6.13. The molecule has 1 heterocycles. The minimum absolute atomic E-state index is 0.0254. The Morgan fingerprint density at radius 1 is 1.08 bits per heavy atom. The van der Waals surface area contributed by atoms with E-state index >= 15 is 0 Å². The van der Waals surface area contributed by atoms with Crippen LogP contribution in [0.25, 0.3) is 0 Å². The molecule has 2 aromatic carbocycles. The predicted molar refractivity (Wildman–Crippen MR) is 97.4 cm³/mol. The van der Waals surface area contributed by atoms with E-state index in [4.69, 9.17) is 8.92 Å². The van der Waals surface area contributed by atoms with Crippen LogP contribution < -0.4 is 8.92 Å². The smallest absolute Gasteiger partial charge is 0.310 e. The largest absolute Gasteiger partial charge is 0.497 e. The lowest BCUT2D eigenvalue weighted by molar-refractivity contribution is 0.270. The quantitative estimate of drug-likeness (QED) is 0.709. The van der Waals surface area contributed by atoms with Gasteiger partial charge in [0.1, 0.15) is 11.5 Å². The SMILES string of the molecule is COc1cccc(C2CCCN2CCS(=O)(=O)Oc2ccccc2)c1. The summed E-state index contributed by atoms with van der Waals surface area (Å²) in [6.45, 7) is 1.35. The number of ether oxygens (including phenoxy) is 1. The highest BCUT2D eigenvalue weighted by atomic mass is 32.2. The van der Waals surface area contributed by atoms with Crippen molar-refractivity contribution in [2.24, 2.45) is 0 Å². The van der Waals surface area contributed by atoms with Gasteiger partial charge in [-0.2, -0.15) is 8.42 Å². The number of methoxy groups -OCH3 is 1. The summed E-state index contributed by atoms with van der Waals surface area (Å²) >= 11 is 0. The zero-order chi connectivity index (χ0) is 17.7. The molecule has 25 heavy (non-hydrogen) atoms. The summed E-state index contributed by atoms with van der Waals surface area (Å²) in [5.41, 5.74) is 1.17. The first-order valence-electron chi connectivity index (χ1n) is 8.42. The van der Waals surface area contributed by atoms with Crippen LogP contribution in [0.4, 0.5) is 0 Å². The molecule has 2 aromatic rings. The summed E-state index contributed by atoms with van der Waals surface area (Å²) in [4.78, 5) is 2.21. The maximum absolute atomic E-state index is 12.2. The lowest BCUT2D eigenvalue weighted by atomic mass is 10.0. The predicted octanol–water partition coefficient (Wildman–Crippen LogP) is 3.24. The van der Waals surface area contributed by atoms with E-state index in [0.29, 0.717) is 12.3 Å². The average Bonchev–Trinajstić information content (AvgIpc) is 3.09. The molecule has 1 aliphatic rings. The fourth-order valence-electron chi connectivity index (χ4n) is 3.21. The molecule has 5 nitrogen and oxygen atoms in total. The number of hydrogen-bond donors (Lipinski definition) is 0. The molecule has 0 spiro atoms. The van der Waals surface area contributed by atoms with Gasteiger partial charge in [0, 0.05) is 12.6 Å². The molecule has 0 amide bonds. The van der Waals surface area contributed by atoms with Crippen LogP contribution >= 0.6 is 0 Å². The van der Waals surface area contributed by atoms with Crippen LogP contribution in [0.2, 0.25) is 0 Å². The number of likely N-dealkylation sites (tertiary alicyclic amines) is 1. The molecule has 6 heteroatoms. The highest BCUT2D eigenvalue weighted by Crippen LogP contribution is 2.33. The number of benzene rings is 2. The first-order valence-corrected chi connectivity index (χ1v) is 10.0. The van der Waals surface area contributed by atoms with Crippen LogP contribution in [-0.2, 0) is 10.1 Å². The van der Waals surface area contributed by atoms with Gasteiger partial charge in [-0.05, 0) is 49.2 Å². The van der Waals surface area contributed by atoms with Gasteiger partial charge in [-0.1, -0.05) is 30.3 Å². The van der Waals surface area contributed by atoms with Gasteiger partial charge in [-0.15, -0.1) is 0 Å². The third kappa shape index (κ3) is 4.74. The Bertz CT molecular complexity index is 792. The summed E-state index contributed by atoms with van der Waals surface area (Å²) in [5, 5.41) is 0. The maximum atomic E-state index is 12.2. The van der Waals surface area contributed by atoms with Crippen molar-refractivity contribution in [2.75, 3.05) is 26.0 Å². The Morgan fingerprint density at radius 3 is 2.60 bits per heavy atom. The third-order valence-electron chi connectivity index (χ3n) is 4.44. The first kappa shape index (κ1) is 17.8. The number of nitrogens with zero attached hydrogens (tertiary/aromatic N) is 1. The summed E-state index contributed by atoms with van der Waals surface area (Å²) in [5.74, 6) is 1.15. The molecule has 0 aromatic heterocycles. The molecule has 1 atom stereocenters. The molecule has 0 bridgehead atoms. The Morgan fingerprint density at radius 2 is 1.84 bits per heavy atom. The van der Waals surface area contributed by atoms with Crippen LogP contribution in [-0.4, -0.2) is 39.3 Å². The number of para-hydroxylation sites is 1. The second kappa shape index (κ2) is 7.89. The average molecular weight is 361 g/mol. The van der Waals surface area contributed by atoms with Gasteiger partial charge in [-0.3, -0.25) is 4.90 Å². The molecule has 1 aliphatic heterocycles. The number of hydrogen-bond acceptors (Lipinski definition) is 5. The molecule has 0 saturated carbocycles. The van der Waals surface area contributed by atoms with Gasteiger partial charge in [0.25, 0.3) is 0 Å². The zero-order valence-corrected chi connectivity index (χ0v) is 15.1. The van der Waals surface area contributed by atoms with Crippen molar-refractivity contribution < 1.29 is 17.3 Å². The van der Waals surface area contributed by atoms with Crippen LogP contribution in [0.5, 0.6) is 11.5 Å². The minimum atomic E-state index is -3.61. The summed E-state index contributed by atoms with van der Waals surface area (Å²) < 4.78 is 34.9. The van der Waals surface area contributed by atoms with E-state index in [2.05, 4.69) is 11.0 Å². The van der Waals surface area contributed by atoms with Gasteiger partial charge < -0.3 is 8.92 Å². The zero-order valence-electron chi connectivity index (χ0n) is 14.3. The van der Waals surface area contributed by atoms with E-state index in [1.54, 1.807) is 31.4 Å². The molecule has 0 aliphatic carbocycles. The van der Waals surface area contributed by atoms with E-state index in [0.717, 1.165) is 25.1 Å². The van der Waals surface area contributed by atoms with Crippen molar-refractivity contribution in [1.82, 2.24) is 4.90 Å². The molecule has 0 radical (unpaired) electrons. The Balaban J connectivity index is 1.63. The molecule has 1 unspecified atom stereocenters. The van der Waals surface area contributed by atoms with Gasteiger partial charge in [0.15, 0.2) is 0 Å².